The number of fused-ring (bicyclic) bond motifs is 1. The summed E-state index contributed by atoms with van der Waals surface area (Å²) in [6.07, 6.45) is 1.71. The summed E-state index contributed by atoms with van der Waals surface area (Å²) in [5.74, 6) is -0.747. The van der Waals surface area contributed by atoms with Gasteiger partial charge in [0.15, 0.2) is 0 Å². The molecule has 2 aliphatic rings. The van der Waals surface area contributed by atoms with Crippen LogP contribution in [0.5, 0.6) is 0 Å². The van der Waals surface area contributed by atoms with E-state index in [1.165, 1.54) is 5.56 Å². The number of urea groups is 1. The molecule has 4 amide bonds. The molecule has 0 bridgehead atoms. The van der Waals surface area contributed by atoms with E-state index >= 15 is 0 Å². The van der Waals surface area contributed by atoms with Crippen LogP contribution in [0.2, 0.25) is 0 Å². The lowest BCUT2D eigenvalue weighted by molar-refractivity contribution is -0.134. The minimum Gasteiger partial charge on any atom is -0.324 e. The van der Waals surface area contributed by atoms with E-state index in [9.17, 15) is 14.4 Å². The van der Waals surface area contributed by atoms with Gasteiger partial charge in [0.25, 0.3) is 5.91 Å². The Hall–Kier alpha value is -2.67. The van der Waals surface area contributed by atoms with Gasteiger partial charge in [-0.1, -0.05) is 36.4 Å². The first kappa shape index (κ1) is 17.7. The molecule has 0 saturated carbocycles. The predicted molar refractivity (Wildman–Crippen MR) is 104 cm³/mol. The van der Waals surface area contributed by atoms with Crippen molar-refractivity contribution in [1.29, 1.82) is 0 Å². The molecule has 27 heavy (non-hydrogen) atoms. The zero-order chi connectivity index (χ0) is 19.0. The molecule has 0 radical (unpaired) electrons. The topological polar surface area (TPSA) is 78.5 Å². The van der Waals surface area contributed by atoms with E-state index < -0.39 is 17.5 Å². The second kappa shape index (κ2) is 6.81. The molecule has 1 atom stereocenters. The number of aryl methyl sites for hydroxylation is 1. The summed E-state index contributed by atoms with van der Waals surface area (Å²) in [5, 5.41) is 5.56. The number of hydrogen-bond donors (Lipinski definition) is 2. The van der Waals surface area contributed by atoms with E-state index in [0.717, 1.165) is 21.4 Å². The summed E-state index contributed by atoms with van der Waals surface area (Å²) in [4.78, 5) is 38.8. The quantitative estimate of drug-likeness (QED) is 0.739. The largest absolute Gasteiger partial charge is 0.325 e. The number of carbonyl (C=O) groups excluding carboxylic acids is 3. The molecule has 0 aromatic heterocycles. The van der Waals surface area contributed by atoms with E-state index in [0.29, 0.717) is 18.5 Å². The number of nitrogens with zero attached hydrogens (tertiary/aromatic N) is 1. The Morgan fingerprint density at radius 3 is 2.59 bits per heavy atom. The zero-order valence-corrected chi connectivity index (χ0v) is 16.1. The molecule has 1 aliphatic carbocycles. The third-order valence-corrected chi connectivity index (χ3v) is 5.82. The monoisotopic (exact) mass is 427 g/mol. The molecule has 1 heterocycles. The van der Waals surface area contributed by atoms with E-state index in [2.05, 4.69) is 26.6 Å². The predicted octanol–water partition coefficient (Wildman–Crippen LogP) is 2.87. The molecule has 138 valence electrons. The van der Waals surface area contributed by atoms with Gasteiger partial charge < -0.3 is 10.6 Å². The third-order valence-electron chi connectivity index (χ3n) is 5.13. The zero-order valence-electron chi connectivity index (χ0n) is 14.5. The Labute approximate surface area is 165 Å². The van der Waals surface area contributed by atoms with Gasteiger partial charge in [-0.15, -0.1) is 0 Å². The van der Waals surface area contributed by atoms with Crippen LogP contribution in [-0.2, 0) is 22.4 Å². The third kappa shape index (κ3) is 3.23. The summed E-state index contributed by atoms with van der Waals surface area (Å²) < 4.78 is 0.732. The molecule has 1 spiro atoms. The number of para-hydroxylation sites is 1. The highest BCUT2D eigenvalue weighted by atomic mass is 79.9. The van der Waals surface area contributed by atoms with Gasteiger partial charge in [0, 0.05) is 10.9 Å². The summed E-state index contributed by atoms with van der Waals surface area (Å²) in [5.41, 5.74) is 1.92. The number of anilines is 1. The number of rotatable bonds is 3. The Bertz CT molecular complexity index is 946. The van der Waals surface area contributed by atoms with E-state index in [1.54, 1.807) is 18.2 Å². The second-order valence-electron chi connectivity index (χ2n) is 6.88. The number of carbonyl (C=O) groups is 3. The number of benzene rings is 2. The fraction of sp³-hybridized carbons (Fsp3) is 0.250. The Morgan fingerprint density at radius 1 is 1.11 bits per heavy atom. The first-order valence-corrected chi connectivity index (χ1v) is 9.53. The molecule has 1 unspecified atom stereocenters. The van der Waals surface area contributed by atoms with Crippen LogP contribution in [0.1, 0.15) is 17.5 Å². The molecule has 1 fully saturated rings. The average Bonchev–Trinajstić information content (AvgIpc) is 2.87. The lowest BCUT2D eigenvalue weighted by Crippen LogP contribution is -2.51. The fourth-order valence-electron chi connectivity index (χ4n) is 3.74. The molecule has 1 aliphatic heterocycles. The van der Waals surface area contributed by atoms with Gasteiger partial charge in [0.1, 0.15) is 12.1 Å². The van der Waals surface area contributed by atoms with Crippen LogP contribution in [0, 0.1) is 0 Å². The van der Waals surface area contributed by atoms with Crippen molar-refractivity contribution in [2.24, 2.45) is 0 Å². The van der Waals surface area contributed by atoms with Gasteiger partial charge in [0.2, 0.25) is 5.91 Å². The van der Waals surface area contributed by atoms with Gasteiger partial charge in [0.05, 0.1) is 5.69 Å². The van der Waals surface area contributed by atoms with Crippen molar-refractivity contribution < 1.29 is 14.4 Å². The van der Waals surface area contributed by atoms with Crippen molar-refractivity contribution >= 4 is 39.5 Å². The Balaban J connectivity index is 1.49. The lowest BCUT2D eigenvalue weighted by atomic mass is 9.78. The summed E-state index contributed by atoms with van der Waals surface area (Å²) in [6.45, 7) is -0.310. The molecule has 7 heteroatoms. The molecule has 2 N–H and O–H groups in total. The number of hydrogen-bond acceptors (Lipinski definition) is 3. The molecule has 6 nitrogen and oxygen atoms in total. The summed E-state index contributed by atoms with van der Waals surface area (Å²) in [7, 11) is 0. The van der Waals surface area contributed by atoms with Crippen LogP contribution in [0.25, 0.3) is 0 Å². The number of imide groups is 1. The van der Waals surface area contributed by atoms with E-state index in [4.69, 9.17) is 0 Å². The summed E-state index contributed by atoms with van der Waals surface area (Å²) >= 11 is 3.36. The highest BCUT2D eigenvalue weighted by molar-refractivity contribution is 9.10. The fourth-order valence-corrected chi connectivity index (χ4v) is 4.12. The maximum absolute atomic E-state index is 13.0. The van der Waals surface area contributed by atoms with Crippen LogP contribution in [0.3, 0.4) is 0 Å². The minimum absolute atomic E-state index is 0.310. The van der Waals surface area contributed by atoms with Crippen molar-refractivity contribution in [1.82, 2.24) is 10.2 Å². The normalized spacial score (nSPS) is 21.1. The van der Waals surface area contributed by atoms with Gasteiger partial charge in [-0.05, 0) is 52.0 Å². The molecule has 4 rings (SSSR count). The first-order valence-electron chi connectivity index (χ1n) is 8.74. The van der Waals surface area contributed by atoms with Gasteiger partial charge in [-0.25, -0.2) is 4.79 Å². The molecule has 2 aromatic carbocycles. The van der Waals surface area contributed by atoms with Crippen LogP contribution in [0.15, 0.2) is 53.0 Å². The Kier molecular flexibility index (Phi) is 4.47. The first-order chi connectivity index (χ1) is 13.0. The minimum atomic E-state index is -0.945. The molecule has 1 saturated heterocycles. The van der Waals surface area contributed by atoms with Crippen molar-refractivity contribution in [2.45, 2.75) is 24.8 Å². The van der Waals surface area contributed by atoms with Gasteiger partial charge in [-0.3, -0.25) is 14.5 Å². The highest BCUT2D eigenvalue weighted by Crippen LogP contribution is 2.33. The van der Waals surface area contributed by atoms with Crippen LogP contribution >= 0.6 is 15.9 Å². The summed E-state index contributed by atoms with van der Waals surface area (Å²) in [6, 6.07) is 14.6. The second-order valence-corrected chi connectivity index (χ2v) is 7.73. The van der Waals surface area contributed by atoms with Gasteiger partial charge in [-0.2, -0.15) is 0 Å². The maximum atomic E-state index is 13.0. The molecular weight excluding hydrogens is 410 g/mol. The standard InChI is InChI=1S/C20H18BrN3O3/c21-15-7-3-4-8-16(15)22-17(25)12-24-18(26)20(23-19(24)27)10-9-13-5-1-2-6-14(13)11-20/h1-8H,9-12H2,(H,22,25)(H,23,27). The maximum Gasteiger partial charge on any atom is 0.325 e. The number of halogens is 1. The molecular formula is C20H18BrN3O3. The SMILES string of the molecule is O=C(CN1C(=O)NC2(CCc3ccccc3C2)C1=O)Nc1ccccc1Br. The van der Waals surface area contributed by atoms with Gasteiger partial charge >= 0.3 is 6.03 Å². The van der Waals surface area contributed by atoms with Crippen LogP contribution in [0.4, 0.5) is 10.5 Å². The Morgan fingerprint density at radius 2 is 1.81 bits per heavy atom. The van der Waals surface area contributed by atoms with Crippen LogP contribution in [-0.4, -0.2) is 34.8 Å². The van der Waals surface area contributed by atoms with Crippen molar-refractivity contribution in [3.8, 4) is 0 Å². The van der Waals surface area contributed by atoms with Crippen molar-refractivity contribution in [2.75, 3.05) is 11.9 Å². The van der Waals surface area contributed by atoms with Crippen molar-refractivity contribution in [3.63, 3.8) is 0 Å². The molecule has 2 aromatic rings. The van der Waals surface area contributed by atoms with Crippen molar-refractivity contribution in [3.05, 3.63) is 64.1 Å². The van der Waals surface area contributed by atoms with Crippen LogP contribution < -0.4 is 10.6 Å². The highest BCUT2D eigenvalue weighted by Gasteiger charge is 2.52. The number of amides is 4. The number of nitrogens with one attached hydrogen (secondary N) is 2. The smallest absolute Gasteiger partial charge is 0.324 e. The van der Waals surface area contributed by atoms with E-state index in [1.807, 2.05) is 30.3 Å². The average molecular weight is 428 g/mol. The lowest BCUT2D eigenvalue weighted by Gasteiger charge is -2.32. The van der Waals surface area contributed by atoms with E-state index in [-0.39, 0.29) is 12.5 Å².